The Morgan fingerprint density at radius 2 is 2.11 bits per heavy atom. The largest absolute Gasteiger partial charge is 0.339 e. The molecule has 19 heavy (non-hydrogen) atoms. The summed E-state index contributed by atoms with van der Waals surface area (Å²) in [5, 5.41) is 3.99. The van der Waals surface area contributed by atoms with Crippen LogP contribution in [0.3, 0.4) is 0 Å². The molecule has 1 amide bonds. The lowest BCUT2D eigenvalue weighted by atomic mass is 10.1. The molecule has 0 N–H and O–H groups in total. The molecule has 1 aromatic carbocycles. The predicted molar refractivity (Wildman–Crippen MR) is 72.3 cm³/mol. The number of rotatable bonds is 5. The molecule has 0 aliphatic carbocycles. The van der Waals surface area contributed by atoms with Crippen LogP contribution >= 0.6 is 0 Å². The van der Waals surface area contributed by atoms with Crippen molar-refractivity contribution in [2.75, 3.05) is 7.05 Å². The molecule has 0 saturated heterocycles. The van der Waals surface area contributed by atoms with Crippen LogP contribution in [-0.4, -0.2) is 32.6 Å². The van der Waals surface area contributed by atoms with E-state index in [2.05, 4.69) is 10.1 Å². The summed E-state index contributed by atoms with van der Waals surface area (Å²) >= 11 is 0. The first-order valence-corrected chi connectivity index (χ1v) is 6.31. The molecular formula is C14H18N4O. The third-order valence-electron chi connectivity index (χ3n) is 3.28. The summed E-state index contributed by atoms with van der Waals surface area (Å²) < 4.78 is 1.67. The molecule has 0 saturated carbocycles. The van der Waals surface area contributed by atoms with Crippen molar-refractivity contribution in [2.45, 2.75) is 25.9 Å². The van der Waals surface area contributed by atoms with Crippen molar-refractivity contribution in [3.05, 3.63) is 48.5 Å². The van der Waals surface area contributed by atoms with Gasteiger partial charge in [0.1, 0.15) is 12.7 Å². The van der Waals surface area contributed by atoms with Gasteiger partial charge in [0.25, 0.3) is 0 Å². The minimum Gasteiger partial charge on any atom is -0.339 e. The van der Waals surface area contributed by atoms with E-state index in [0.717, 1.165) is 5.56 Å². The lowest BCUT2D eigenvalue weighted by molar-refractivity contribution is -0.132. The molecule has 0 spiro atoms. The molecule has 5 heteroatoms. The number of amides is 1. The lowest BCUT2D eigenvalue weighted by Gasteiger charge is -2.25. The number of carbonyl (C=O) groups is 1. The molecule has 0 radical (unpaired) electrons. The SMILES string of the molecule is CC(c1ccccc1)N(C)C(=O)CCn1cncn1. The van der Waals surface area contributed by atoms with E-state index in [1.54, 1.807) is 15.9 Å². The van der Waals surface area contributed by atoms with Crippen molar-refractivity contribution >= 4 is 5.91 Å². The summed E-state index contributed by atoms with van der Waals surface area (Å²) in [7, 11) is 1.83. The first-order chi connectivity index (χ1) is 9.18. The first kappa shape index (κ1) is 13.3. The first-order valence-electron chi connectivity index (χ1n) is 6.31. The number of benzene rings is 1. The molecule has 1 atom stereocenters. The quantitative estimate of drug-likeness (QED) is 0.823. The van der Waals surface area contributed by atoms with E-state index in [9.17, 15) is 4.79 Å². The van der Waals surface area contributed by atoms with Crippen LogP contribution in [0.25, 0.3) is 0 Å². The second-order valence-corrected chi connectivity index (χ2v) is 4.50. The number of hydrogen-bond donors (Lipinski definition) is 0. The summed E-state index contributed by atoms with van der Waals surface area (Å²) in [5.41, 5.74) is 1.14. The Hall–Kier alpha value is -2.17. The van der Waals surface area contributed by atoms with Gasteiger partial charge in [0, 0.05) is 13.5 Å². The minimum absolute atomic E-state index is 0.0736. The highest BCUT2D eigenvalue weighted by Crippen LogP contribution is 2.18. The maximum absolute atomic E-state index is 12.1. The predicted octanol–water partition coefficient (Wildman–Crippen LogP) is 1.89. The van der Waals surface area contributed by atoms with Crippen LogP contribution < -0.4 is 0 Å². The molecule has 5 nitrogen and oxygen atoms in total. The van der Waals surface area contributed by atoms with E-state index in [0.29, 0.717) is 13.0 Å². The van der Waals surface area contributed by atoms with Gasteiger partial charge in [0.15, 0.2) is 0 Å². The van der Waals surface area contributed by atoms with Crippen LogP contribution in [0.5, 0.6) is 0 Å². The summed E-state index contributed by atoms with van der Waals surface area (Å²) in [6.07, 6.45) is 3.52. The summed E-state index contributed by atoms with van der Waals surface area (Å²) in [5.74, 6) is 0.104. The summed E-state index contributed by atoms with van der Waals surface area (Å²) in [4.78, 5) is 17.7. The standard InChI is InChI=1S/C14H18N4O/c1-12(13-6-4-3-5-7-13)17(2)14(19)8-9-18-11-15-10-16-18/h3-7,10-12H,8-9H2,1-2H3. The van der Waals surface area contributed by atoms with Gasteiger partial charge in [-0.1, -0.05) is 30.3 Å². The molecule has 2 aromatic rings. The third kappa shape index (κ3) is 3.40. The fourth-order valence-electron chi connectivity index (χ4n) is 1.91. The van der Waals surface area contributed by atoms with Crippen LogP contribution in [0, 0.1) is 0 Å². The highest BCUT2D eigenvalue weighted by atomic mass is 16.2. The van der Waals surface area contributed by atoms with E-state index in [1.807, 2.05) is 44.3 Å². The van der Waals surface area contributed by atoms with E-state index >= 15 is 0 Å². The Kier molecular flexibility index (Phi) is 4.28. The molecule has 0 bridgehead atoms. The van der Waals surface area contributed by atoms with Crippen molar-refractivity contribution in [3.63, 3.8) is 0 Å². The Morgan fingerprint density at radius 1 is 1.37 bits per heavy atom. The summed E-state index contributed by atoms with van der Waals surface area (Å²) in [6, 6.07) is 10.1. The topological polar surface area (TPSA) is 51.0 Å². The maximum atomic E-state index is 12.1. The van der Waals surface area contributed by atoms with Crippen molar-refractivity contribution in [1.29, 1.82) is 0 Å². The second kappa shape index (κ2) is 6.13. The van der Waals surface area contributed by atoms with Gasteiger partial charge < -0.3 is 4.90 Å². The molecule has 2 rings (SSSR count). The van der Waals surface area contributed by atoms with Gasteiger partial charge >= 0.3 is 0 Å². The third-order valence-corrected chi connectivity index (χ3v) is 3.28. The highest BCUT2D eigenvalue weighted by molar-refractivity contribution is 5.76. The van der Waals surface area contributed by atoms with Crippen LogP contribution in [-0.2, 0) is 11.3 Å². The van der Waals surface area contributed by atoms with Crippen LogP contribution in [0.15, 0.2) is 43.0 Å². The van der Waals surface area contributed by atoms with Gasteiger partial charge in [-0.2, -0.15) is 5.10 Å². The molecule has 1 heterocycles. The summed E-state index contributed by atoms with van der Waals surface area (Å²) in [6.45, 7) is 2.59. The van der Waals surface area contributed by atoms with E-state index in [1.165, 1.54) is 6.33 Å². The highest BCUT2D eigenvalue weighted by Gasteiger charge is 2.16. The van der Waals surface area contributed by atoms with E-state index in [-0.39, 0.29) is 11.9 Å². The number of aromatic nitrogens is 3. The van der Waals surface area contributed by atoms with E-state index in [4.69, 9.17) is 0 Å². The molecule has 1 aromatic heterocycles. The zero-order valence-corrected chi connectivity index (χ0v) is 11.2. The number of hydrogen-bond acceptors (Lipinski definition) is 3. The minimum atomic E-state index is 0.0736. The second-order valence-electron chi connectivity index (χ2n) is 4.50. The average molecular weight is 258 g/mol. The molecule has 0 fully saturated rings. The van der Waals surface area contributed by atoms with Crippen molar-refractivity contribution in [3.8, 4) is 0 Å². The van der Waals surface area contributed by atoms with Gasteiger partial charge in [-0.25, -0.2) is 4.98 Å². The monoisotopic (exact) mass is 258 g/mol. The van der Waals surface area contributed by atoms with Crippen LogP contribution in [0.2, 0.25) is 0 Å². The van der Waals surface area contributed by atoms with Crippen LogP contribution in [0.1, 0.15) is 24.9 Å². The number of aryl methyl sites for hydroxylation is 1. The average Bonchev–Trinajstić information content (AvgIpc) is 2.97. The Balaban J connectivity index is 1.91. The molecule has 0 aliphatic heterocycles. The van der Waals surface area contributed by atoms with Gasteiger partial charge in [-0.3, -0.25) is 9.48 Å². The Bertz CT molecular complexity index is 510. The van der Waals surface area contributed by atoms with Crippen molar-refractivity contribution in [2.24, 2.45) is 0 Å². The van der Waals surface area contributed by atoms with Gasteiger partial charge in [-0.05, 0) is 12.5 Å². The normalized spacial score (nSPS) is 12.1. The molecular weight excluding hydrogens is 240 g/mol. The molecule has 0 aliphatic rings. The van der Waals surface area contributed by atoms with E-state index < -0.39 is 0 Å². The van der Waals surface area contributed by atoms with Crippen LogP contribution in [0.4, 0.5) is 0 Å². The Morgan fingerprint density at radius 3 is 2.74 bits per heavy atom. The van der Waals surface area contributed by atoms with Crippen molar-refractivity contribution < 1.29 is 4.79 Å². The molecule has 100 valence electrons. The number of nitrogens with zero attached hydrogens (tertiary/aromatic N) is 4. The fourth-order valence-corrected chi connectivity index (χ4v) is 1.91. The Labute approximate surface area is 112 Å². The van der Waals surface area contributed by atoms with Gasteiger partial charge in [0.05, 0.1) is 12.6 Å². The van der Waals surface area contributed by atoms with Gasteiger partial charge in [-0.15, -0.1) is 0 Å². The molecule has 1 unspecified atom stereocenters. The fraction of sp³-hybridized carbons (Fsp3) is 0.357. The lowest BCUT2D eigenvalue weighted by Crippen LogP contribution is -2.30. The van der Waals surface area contributed by atoms with Crippen molar-refractivity contribution in [1.82, 2.24) is 19.7 Å². The zero-order valence-electron chi connectivity index (χ0n) is 11.2. The smallest absolute Gasteiger partial charge is 0.224 e. The zero-order chi connectivity index (χ0) is 13.7. The number of carbonyl (C=O) groups excluding carboxylic acids is 1. The maximum Gasteiger partial charge on any atom is 0.224 e. The van der Waals surface area contributed by atoms with Gasteiger partial charge in [0.2, 0.25) is 5.91 Å².